The highest BCUT2D eigenvalue weighted by Gasteiger charge is 2.17. The predicted molar refractivity (Wildman–Crippen MR) is 229 cm³/mol. The third kappa shape index (κ3) is 9.59. The summed E-state index contributed by atoms with van der Waals surface area (Å²) in [4.78, 5) is 21.7. The zero-order chi connectivity index (χ0) is 38.5. The Morgan fingerprint density at radius 1 is 0.446 bits per heavy atom. The van der Waals surface area contributed by atoms with E-state index in [4.69, 9.17) is 6.57 Å². The van der Waals surface area contributed by atoms with Crippen molar-refractivity contribution in [3.05, 3.63) is 239 Å². The van der Waals surface area contributed by atoms with E-state index in [1.807, 2.05) is 48.5 Å². The molecule has 56 heavy (non-hydrogen) atoms. The van der Waals surface area contributed by atoms with Crippen molar-refractivity contribution in [1.29, 1.82) is 0 Å². The van der Waals surface area contributed by atoms with Crippen LogP contribution in [-0.4, -0.2) is 11.1 Å². The van der Waals surface area contributed by atoms with Crippen molar-refractivity contribution in [2.75, 3.05) is 14.7 Å². The molecule has 7 aromatic rings. The molecular formula is C50H42N4O2. The lowest BCUT2D eigenvalue weighted by Crippen LogP contribution is -2.22. The van der Waals surface area contributed by atoms with E-state index >= 15 is 0 Å². The van der Waals surface area contributed by atoms with Crippen LogP contribution in [0.15, 0.2) is 200 Å². The van der Waals surface area contributed by atoms with E-state index < -0.39 is 5.97 Å². The van der Waals surface area contributed by atoms with Crippen molar-refractivity contribution >= 4 is 40.5 Å². The van der Waals surface area contributed by atoms with E-state index in [1.165, 1.54) is 28.3 Å². The predicted octanol–water partition coefficient (Wildman–Crippen LogP) is 11.9. The summed E-state index contributed by atoms with van der Waals surface area (Å²) >= 11 is 0. The molecule has 0 saturated heterocycles. The zero-order valence-electron chi connectivity index (χ0n) is 31.0. The topological polar surface area (TPSA) is 51.4 Å². The van der Waals surface area contributed by atoms with Gasteiger partial charge >= 0.3 is 5.97 Å². The van der Waals surface area contributed by atoms with Crippen LogP contribution >= 0.6 is 0 Å². The van der Waals surface area contributed by atoms with Crippen LogP contribution in [0.25, 0.3) is 10.9 Å². The maximum atomic E-state index is 11.5. The molecule has 0 saturated carbocycles. The van der Waals surface area contributed by atoms with Gasteiger partial charge in [0.2, 0.25) is 0 Å². The molecule has 0 radical (unpaired) electrons. The number of rotatable bonds is 15. The first-order chi connectivity index (χ1) is 27.5. The molecule has 0 aliphatic carbocycles. The minimum absolute atomic E-state index is 0.327. The average Bonchev–Trinajstić information content (AvgIpc) is 3.25. The highest BCUT2D eigenvalue weighted by molar-refractivity contribution is 5.94. The molecule has 0 unspecified atom stereocenters. The third-order valence-electron chi connectivity index (χ3n) is 9.61. The van der Waals surface area contributed by atoms with Crippen LogP contribution in [0.3, 0.4) is 0 Å². The van der Waals surface area contributed by atoms with Crippen molar-refractivity contribution < 1.29 is 9.90 Å². The summed E-state index contributed by atoms with van der Waals surface area (Å²) in [6.07, 6.45) is 1.40. The molecule has 7 aromatic carbocycles. The van der Waals surface area contributed by atoms with E-state index in [1.54, 1.807) is 0 Å². The second kappa shape index (κ2) is 18.1. The van der Waals surface area contributed by atoms with Crippen molar-refractivity contribution in [1.82, 2.24) is 0 Å². The highest BCUT2D eigenvalue weighted by Crippen LogP contribution is 2.37. The first kappa shape index (κ1) is 37.0. The molecule has 274 valence electrons. The molecule has 0 bridgehead atoms. The van der Waals surface area contributed by atoms with E-state index in [2.05, 4.69) is 165 Å². The maximum absolute atomic E-state index is 11.5. The fraction of sp³-hybridized carbons (Fsp3) is 0.0800. The van der Waals surface area contributed by atoms with Crippen molar-refractivity contribution in [2.24, 2.45) is 0 Å². The van der Waals surface area contributed by atoms with E-state index in [9.17, 15) is 9.90 Å². The van der Waals surface area contributed by atoms with Gasteiger partial charge in [-0.3, -0.25) is 4.79 Å². The Morgan fingerprint density at radius 2 is 0.732 bits per heavy atom. The van der Waals surface area contributed by atoms with Crippen molar-refractivity contribution in [3.8, 4) is 0 Å². The van der Waals surface area contributed by atoms with Crippen molar-refractivity contribution in [2.45, 2.75) is 26.2 Å². The average molecular weight is 731 g/mol. The van der Waals surface area contributed by atoms with Crippen LogP contribution in [0.2, 0.25) is 0 Å². The van der Waals surface area contributed by atoms with Crippen LogP contribution in [0.5, 0.6) is 0 Å². The molecule has 0 heterocycles. The number of carboxylic acid groups (broad SMARTS) is 1. The van der Waals surface area contributed by atoms with Gasteiger partial charge < -0.3 is 19.8 Å². The monoisotopic (exact) mass is 730 g/mol. The lowest BCUT2D eigenvalue weighted by atomic mass is 10.1. The van der Waals surface area contributed by atoms with E-state index in [0.29, 0.717) is 5.56 Å². The fourth-order valence-electron chi connectivity index (χ4n) is 6.78. The van der Waals surface area contributed by atoms with Gasteiger partial charge in [-0.25, -0.2) is 4.85 Å². The van der Waals surface area contributed by atoms with Gasteiger partial charge in [0.1, 0.15) is 0 Å². The van der Waals surface area contributed by atoms with Gasteiger partial charge in [0.15, 0.2) is 0 Å². The highest BCUT2D eigenvalue weighted by atomic mass is 16.4. The number of benzene rings is 7. The number of carboxylic acids is 1. The first-order valence-corrected chi connectivity index (χ1v) is 18.6. The Labute approximate surface area is 329 Å². The molecule has 0 amide bonds. The largest absolute Gasteiger partial charge is 0.486 e. The third-order valence-corrected chi connectivity index (χ3v) is 9.61. The van der Waals surface area contributed by atoms with Gasteiger partial charge in [0.25, 0.3) is 5.70 Å². The summed E-state index contributed by atoms with van der Waals surface area (Å²) in [5.41, 5.74) is 10.3. The maximum Gasteiger partial charge on any atom is 0.333 e. The lowest BCUT2D eigenvalue weighted by molar-refractivity contribution is -0.132. The summed E-state index contributed by atoms with van der Waals surface area (Å²) in [5, 5.41) is 9.43. The van der Waals surface area contributed by atoms with Gasteiger partial charge in [-0.2, -0.15) is 0 Å². The Bertz CT molecular complexity index is 2160. The molecule has 0 aliphatic rings. The van der Waals surface area contributed by atoms with Crippen LogP contribution in [0.1, 0.15) is 27.8 Å². The van der Waals surface area contributed by atoms with E-state index in [0.717, 1.165) is 54.6 Å². The molecule has 0 spiro atoms. The van der Waals surface area contributed by atoms with Crippen molar-refractivity contribution in [3.63, 3.8) is 0 Å². The molecule has 0 aliphatic heterocycles. The normalized spacial score (nSPS) is 11.0. The van der Waals surface area contributed by atoms with Crippen LogP contribution in [0, 0.1) is 6.57 Å². The van der Waals surface area contributed by atoms with Gasteiger partial charge in [-0.15, -0.1) is 0 Å². The van der Waals surface area contributed by atoms with Crippen LogP contribution < -0.4 is 14.7 Å². The summed E-state index contributed by atoms with van der Waals surface area (Å²) in [7, 11) is 0. The van der Waals surface area contributed by atoms with E-state index in [-0.39, 0.29) is 5.70 Å². The van der Waals surface area contributed by atoms with Gasteiger partial charge in [0.05, 0.1) is 6.57 Å². The minimum atomic E-state index is -1.24. The minimum Gasteiger partial charge on any atom is -0.486 e. The zero-order valence-corrected chi connectivity index (χ0v) is 31.0. The molecular weight excluding hydrogens is 689 g/mol. The number of hydrogen-bond donors (Lipinski definition) is 1. The quantitative estimate of drug-likeness (QED) is 0.0841. The Hall–Kier alpha value is -7.36. The Balaban J connectivity index is 1.24. The molecule has 6 heteroatoms. The Kier molecular flexibility index (Phi) is 12.0. The molecule has 0 aromatic heterocycles. The summed E-state index contributed by atoms with van der Waals surface area (Å²) in [6, 6.07) is 67.0. The van der Waals surface area contributed by atoms with Crippen LogP contribution in [0.4, 0.5) is 28.4 Å². The summed E-state index contributed by atoms with van der Waals surface area (Å²) in [5.74, 6) is -1.24. The number of anilines is 5. The summed E-state index contributed by atoms with van der Waals surface area (Å²) in [6.45, 7) is 10.3. The molecule has 0 atom stereocenters. The second-order valence-electron chi connectivity index (χ2n) is 13.6. The smallest absolute Gasteiger partial charge is 0.333 e. The Morgan fingerprint density at radius 3 is 1.02 bits per heavy atom. The van der Waals surface area contributed by atoms with Gasteiger partial charge in [0, 0.05) is 54.6 Å². The number of carbonyl (C=O) groups is 1. The second-order valence-corrected chi connectivity index (χ2v) is 13.6. The summed E-state index contributed by atoms with van der Waals surface area (Å²) < 4.78 is 0. The molecule has 0 fully saturated rings. The molecule has 1 N–H and O–H groups in total. The number of aliphatic carboxylic acids is 1. The SMILES string of the molecule is [C-]#[N+]C(=Cc1ccc(N(c2ccc(N(Cc3ccccc3)Cc3ccccc3)cc2)c2ccc(N(Cc3ccccc3)Cc3ccccc3)cc2)cc1)C(=O)O. The number of hydrogen-bond acceptors (Lipinski definition) is 4. The molecule has 7 rings (SSSR count). The fourth-order valence-corrected chi connectivity index (χ4v) is 6.78. The lowest BCUT2D eigenvalue weighted by Gasteiger charge is -2.29. The standard InChI is InChI=1S/C50H42N4O2/c1-51-49(50(55)56)34-39-22-24-46(25-23-39)54(47-30-26-44(27-31-47)52(35-40-14-6-2-7-15-40)36-41-16-8-3-9-17-41)48-32-28-45(29-33-48)53(37-42-18-10-4-11-19-42)38-43-20-12-5-13-21-43/h2-34H,35-38H2,(H,55,56). The number of nitrogens with zero attached hydrogens (tertiary/aromatic N) is 4. The van der Waals surface area contributed by atoms with Gasteiger partial charge in [-0.1, -0.05) is 133 Å². The molecule has 6 nitrogen and oxygen atoms in total. The van der Waals surface area contributed by atoms with Crippen LogP contribution in [-0.2, 0) is 31.0 Å². The van der Waals surface area contributed by atoms with Gasteiger partial charge in [-0.05, 0) is 94.6 Å². The first-order valence-electron chi connectivity index (χ1n) is 18.6.